The minimum atomic E-state index is 0.746. The smallest absolute Gasteiger partial charge is 0.127 e. The van der Waals surface area contributed by atoms with Gasteiger partial charge < -0.3 is 10.6 Å². The van der Waals surface area contributed by atoms with Crippen LogP contribution in [0.4, 0.5) is 5.82 Å². The summed E-state index contributed by atoms with van der Waals surface area (Å²) < 4.78 is 0.882. The Hall–Kier alpha value is -0.610. The molecule has 0 amide bonds. The minimum absolute atomic E-state index is 0.746. The third-order valence-electron chi connectivity index (χ3n) is 2.45. The maximum absolute atomic E-state index is 4.32. The van der Waals surface area contributed by atoms with Crippen LogP contribution in [0.2, 0.25) is 0 Å². The Morgan fingerprint density at radius 1 is 1.57 bits per heavy atom. The summed E-state index contributed by atoms with van der Waals surface area (Å²) in [4.78, 5) is 4.32. The summed E-state index contributed by atoms with van der Waals surface area (Å²) in [5, 5.41) is 6.70. The highest BCUT2D eigenvalue weighted by Crippen LogP contribution is 2.12. The van der Waals surface area contributed by atoms with Gasteiger partial charge in [-0.05, 0) is 53.5 Å². The first kappa shape index (κ1) is 9.93. The van der Waals surface area contributed by atoms with Crippen LogP contribution in [0.5, 0.6) is 0 Å². The first-order chi connectivity index (χ1) is 6.84. The molecule has 1 saturated heterocycles. The molecule has 2 N–H and O–H groups in total. The quantitative estimate of drug-likeness (QED) is 0.810. The van der Waals surface area contributed by atoms with Gasteiger partial charge in [0.25, 0.3) is 0 Å². The Labute approximate surface area is 92.4 Å². The van der Waals surface area contributed by atoms with E-state index in [9.17, 15) is 0 Å². The van der Waals surface area contributed by atoms with Crippen LogP contribution in [0, 0.1) is 5.92 Å². The fraction of sp³-hybridized carbons (Fsp3) is 0.500. The Morgan fingerprint density at radius 2 is 2.50 bits per heavy atom. The van der Waals surface area contributed by atoms with Gasteiger partial charge in [-0.15, -0.1) is 0 Å². The molecule has 3 nitrogen and oxygen atoms in total. The summed E-state index contributed by atoms with van der Waals surface area (Å²) in [5.74, 6) is 1.70. The van der Waals surface area contributed by atoms with Gasteiger partial charge in [-0.25, -0.2) is 4.98 Å². The van der Waals surface area contributed by atoms with Gasteiger partial charge in [0.05, 0.1) is 0 Å². The average molecular weight is 256 g/mol. The molecule has 14 heavy (non-hydrogen) atoms. The molecule has 0 unspecified atom stereocenters. The predicted molar refractivity (Wildman–Crippen MR) is 61.4 cm³/mol. The number of hydrogen-bond donors (Lipinski definition) is 2. The first-order valence-electron chi connectivity index (χ1n) is 4.92. The first-order valence-corrected chi connectivity index (χ1v) is 5.71. The van der Waals surface area contributed by atoms with E-state index in [1.54, 1.807) is 0 Å². The van der Waals surface area contributed by atoms with Gasteiger partial charge in [0.15, 0.2) is 0 Å². The van der Waals surface area contributed by atoms with Crippen molar-refractivity contribution in [2.45, 2.75) is 6.42 Å². The normalized spacial score (nSPS) is 21.1. The zero-order valence-corrected chi connectivity index (χ0v) is 9.55. The van der Waals surface area contributed by atoms with Crippen LogP contribution >= 0.6 is 15.9 Å². The highest BCUT2D eigenvalue weighted by molar-refractivity contribution is 9.10. The molecule has 0 saturated carbocycles. The number of halogens is 1. The van der Waals surface area contributed by atoms with E-state index in [0.29, 0.717) is 0 Å². The van der Waals surface area contributed by atoms with Gasteiger partial charge in [-0.3, -0.25) is 0 Å². The predicted octanol–water partition coefficient (Wildman–Crippen LogP) is 1.87. The molecule has 1 atom stereocenters. The molecule has 0 bridgehead atoms. The van der Waals surface area contributed by atoms with Gasteiger partial charge >= 0.3 is 0 Å². The molecule has 0 radical (unpaired) electrons. The van der Waals surface area contributed by atoms with Crippen LogP contribution in [0.1, 0.15) is 6.42 Å². The van der Waals surface area contributed by atoms with Crippen LogP contribution in [-0.4, -0.2) is 24.6 Å². The lowest BCUT2D eigenvalue weighted by Crippen LogP contribution is -2.17. The molecule has 2 rings (SSSR count). The summed E-state index contributed by atoms with van der Waals surface area (Å²) in [6, 6.07) is 5.92. The van der Waals surface area contributed by atoms with Crippen molar-refractivity contribution in [3.8, 4) is 0 Å². The Kier molecular flexibility index (Phi) is 3.37. The van der Waals surface area contributed by atoms with E-state index in [-0.39, 0.29) is 0 Å². The van der Waals surface area contributed by atoms with Gasteiger partial charge in [0.1, 0.15) is 10.4 Å². The number of aromatic nitrogens is 1. The summed E-state index contributed by atoms with van der Waals surface area (Å²) in [7, 11) is 0. The number of rotatable bonds is 3. The monoisotopic (exact) mass is 255 g/mol. The lowest BCUT2D eigenvalue weighted by Gasteiger charge is -2.10. The van der Waals surface area contributed by atoms with Crippen LogP contribution in [0.25, 0.3) is 0 Å². The lowest BCUT2D eigenvalue weighted by molar-refractivity contribution is 0.614. The molecule has 2 heterocycles. The number of anilines is 1. The summed E-state index contributed by atoms with van der Waals surface area (Å²) in [5.41, 5.74) is 0. The molecular formula is C10H14BrN3. The fourth-order valence-electron chi connectivity index (χ4n) is 1.64. The van der Waals surface area contributed by atoms with Crippen LogP contribution < -0.4 is 10.6 Å². The topological polar surface area (TPSA) is 37.0 Å². The second kappa shape index (κ2) is 4.75. The number of nitrogens with one attached hydrogen (secondary N) is 2. The standard InChI is InChI=1S/C10H14BrN3/c11-9-2-1-3-10(14-9)13-7-8-4-5-12-6-8/h1-3,8,12H,4-7H2,(H,13,14)/t8-/m1/s1. The van der Waals surface area contributed by atoms with Crippen LogP contribution in [0.3, 0.4) is 0 Å². The minimum Gasteiger partial charge on any atom is -0.370 e. The zero-order valence-electron chi connectivity index (χ0n) is 7.96. The van der Waals surface area contributed by atoms with Crippen molar-refractivity contribution in [1.82, 2.24) is 10.3 Å². The van der Waals surface area contributed by atoms with E-state index in [1.165, 1.54) is 6.42 Å². The van der Waals surface area contributed by atoms with Crippen molar-refractivity contribution in [1.29, 1.82) is 0 Å². The number of pyridine rings is 1. The van der Waals surface area contributed by atoms with E-state index >= 15 is 0 Å². The number of hydrogen-bond acceptors (Lipinski definition) is 3. The van der Waals surface area contributed by atoms with E-state index in [2.05, 4.69) is 31.5 Å². The molecule has 1 aliphatic heterocycles. The zero-order chi connectivity index (χ0) is 9.80. The van der Waals surface area contributed by atoms with Gasteiger partial charge in [-0.2, -0.15) is 0 Å². The Bertz CT molecular complexity index is 297. The molecule has 0 aliphatic carbocycles. The van der Waals surface area contributed by atoms with Crippen molar-refractivity contribution in [2.24, 2.45) is 5.92 Å². The average Bonchev–Trinajstić information content (AvgIpc) is 2.67. The maximum Gasteiger partial charge on any atom is 0.127 e. The lowest BCUT2D eigenvalue weighted by atomic mass is 10.1. The Morgan fingerprint density at radius 3 is 3.21 bits per heavy atom. The summed E-state index contributed by atoms with van der Waals surface area (Å²) >= 11 is 3.35. The van der Waals surface area contributed by atoms with E-state index in [0.717, 1.165) is 36.0 Å². The molecule has 1 aliphatic rings. The second-order valence-electron chi connectivity index (χ2n) is 3.59. The third kappa shape index (κ3) is 2.69. The van der Waals surface area contributed by atoms with E-state index in [1.807, 2.05) is 18.2 Å². The fourth-order valence-corrected chi connectivity index (χ4v) is 1.99. The summed E-state index contributed by atoms with van der Waals surface area (Å²) in [6.07, 6.45) is 1.26. The van der Waals surface area contributed by atoms with Crippen molar-refractivity contribution in [3.05, 3.63) is 22.8 Å². The van der Waals surface area contributed by atoms with E-state index < -0.39 is 0 Å². The van der Waals surface area contributed by atoms with Crippen molar-refractivity contribution >= 4 is 21.7 Å². The molecule has 0 spiro atoms. The molecule has 0 aromatic carbocycles. The molecular weight excluding hydrogens is 242 g/mol. The molecule has 1 aromatic heterocycles. The largest absolute Gasteiger partial charge is 0.370 e. The molecule has 76 valence electrons. The highest BCUT2D eigenvalue weighted by Gasteiger charge is 2.13. The van der Waals surface area contributed by atoms with Crippen LogP contribution in [-0.2, 0) is 0 Å². The van der Waals surface area contributed by atoms with Gasteiger partial charge in [0.2, 0.25) is 0 Å². The highest BCUT2D eigenvalue weighted by atomic mass is 79.9. The van der Waals surface area contributed by atoms with Gasteiger partial charge in [0, 0.05) is 6.54 Å². The van der Waals surface area contributed by atoms with Crippen molar-refractivity contribution in [3.63, 3.8) is 0 Å². The summed E-state index contributed by atoms with van der Waals surface area (Å²) in [6.45, 7) is 3.29. The molecule has 4 heteroatoms. The third-order valence-corrected chi connectivity index (χ3v) is 2.89. The Balaban J connectivity index is 1.85. The van der Waals surface area contributed by atoms with Gasteiger partial charge in [-0.1, -0.05) is 6.07 Å². The van der Waals surface area contributed by atoms with Crippen molar-refractivity contribution < 1.29 is 0 Å². The second-order valence-corrected chi connectivity index (χ2v) is 4.40. The van der Waals surface area contributed by atoms with Crippen molar-refractivity contribution in [2.75, 3.05) is 25.0 Å². The number of nitrogens with zero attached hydrogens (tertiary/aromatic N) is 1. The maximum atomic E-state index is 4.32. The molecule has 1 aromatic rings. The molecule has 1 fully saturated rings. The SMILES string of the molecule is Brc1cccc(NC[C@@H]2CCNC2)n1. The van der Waals surface area contributed by atoms with Crippen LogP contribution in [0.15, 0.2) is 22.8 Å². The van der Waals surface area contributed by atoms with E-state index in [4.69, 9.17) is 0 Å².